The summed E-state index contributed by atoms with van der Waals surface area (Å²) in [7, 11) is 0. The fourth-order valence-electron chi connectivity index (χ4n) is 2.51. The lowest BCUT2D eigenvalue weighted by Crippen LogP contribution is -2.18. The number of hydrazone groups is 1. The van der Waals surface area contributed by atoms with Crippen molar-refractivity contribution in [3.05, 3.63) is 105 Å². The van der Waals surface area contributed by atoms with E-state index in [9.17, 15) is 14.9 Å². The van der Waals surface area contributed by atoms with Crippen LogP contribution in [0.25, 0.3) is 0 Å². The van der Waals surface area contributed by atoms with Gasteiger partial charge in [0.05, 0.1) is 22.3 Å². The molecule has 146 valence electrons. The molecule has 0 aliphatic heterocycles. The van der Waals surface area contributed by atoms with E-state index in [-0.39, 0.29) is 17.9 Å². The molecule has 0 aromatic heterocycles. The molecule has 0 bridgehead atoms. The molecule has 0 unspecified atom stereocenters. The molecular weight excluding hydrogens is 394 g/mol. The first kappa shape index (κ1) is 20.0. The Kier molecular flexibility index (Phi) is 6.55. The minimum Gasteiger partial charge on any atom is -0.488 e. The first-order chi connectivity index (χ1) is 14.0. The van der Waals surface area contributed by atoms with Gasteiger partial charge in [-0.15, -0.1) is 0 Å². The van der Waals surface area contributed by atoms with Crippen molar-refractivity contribution in [2.45, 2.75) is 6.61 Å². The van der Waals surface area contributed by atoms with Gasteiger partial charge in [-0.05, 0) is 35.9 Å². The molecule has 0 atom stereocenters. The highest BCUT2D eigenvalue weighted by Gasteiger charge is 2.13. The number of nitro groups is 1. The molecule has 0 saturated heterocycles. The number of benzene rings is 3. The van der Waals surface area contributed by atoms with Crippen molar-refractivity contribution in [1.82, 2.24) is 5.43 Å². The van der Waals surface area contributed by atoms with Crippen LogP contribution in [0.1, 0.15) is 21.5 Å². The molecular formula is C21H16ClN3O4. The summed E-state index contributed by atoms with van der Waals surface area (Å²) >= 11 is 5.87. The number of carbonyl (C=O) groups excluding carboxylic acids is 1. The van der Waals surface area contributed by atoms with Crippen LogP contribution in [0.5, 0.6) is 5.75 Å². The minimum atomic E-state index is -0.511. The fourth-order valence-corrected chi connectivity index (χ4v) is 2.63. The Balaban J connectivity index is 1.68. The van der Waals surface area contributed by atoms with E-state index in [4.69, 9.17) is 16.3 Å². The van der Waals surface area contributed by atoms with Gasteiger partial charge in [-0.1, -0.05) is 48.0 Å². The zero-order valence-electron chi connectivity index (χ0n) is 15.1. The Morgan fingerprint density at radius 3 is 2.52 bits per heavy atom. The third kappa shape index (κ3) is 5.40. The van der Waals surface area contributed by atoms with Crippen molar-refractivity contribution in [3.63, 3.8) is 0 Å². The van der Waals surface area contributed by atoms with Crippen LogP contribution in [0.3, 0.4) is 0 Å². The normalized spacial score (nSPS) is 10.7. The van der Waals surface area contributed by atoms with E-state index in [0.29, 0.717) is 16.3 Å². The maximum absolute atomic E-state index is 12.5. The summed E-state index contributed by atoms with van der Waals surface area (Å²) in [6.45, 7) is 0.265. The number of hydrogen-bond donors (Lipinski definition) is 1. The highest BCUT2D eigenvalue weighted by molar-refractivity contribution is 6.30. The van der Waals surface area contributed by atoms with Gasteiger partial charge in [-0.2, -0.15) is 5.10 Å². The van der Waals surface area contributed by atoms with Crippen LogP contribution < -0.4 is 10.2 Å². The molecule has 1 amide bonds. The number of amides is 1. The first-order valence-electron chi connectivity index (χ1n) is 8.57. The van der Waals surface area contributed by atoms with Crippen molar-refractivity contribution >= 4 is 29.4 Å². The highest BCUT2D eigenvalue weighted by atomic mass is 35.5. The number of nitro benzene ring substituents is 1. The molecule has 0 saturated carbocycles. The molecule has 3 rings (SSSR count). The number of ether oxygens (including phenoxy) is 1. The predicted molar refractivity (Wildman–Crippen MR) is 110 cm³/mol. The largest absolute Gasteiger partial charge is 0.488 e. The predicted octanol–water partition coefficient (Wildman–Crippen LogP) is 4.59. The van der Waals surface area contributed by atoms with E-state index in [0.717, 1.165) is 5.56 Å². The standard InChI is InChI=1S/C21H16ClN3O4/c22-17-11-9-15(10-12-17)14-29-20-8-4-2-6-18(20)21(26)24-23-13-16-5-1-3-7-19(16)25(27)28/h1-13H,14H2,(H,24,26)/b23-13+. The van der Waals surface area contributed by atoms with Crippen LogP contribution in [0, 0.1) is 10.1 Å². The fraction of sp³-hybridized carbons (Fsp3) is 0.0476. The lowest BCUT2D eigenvalue weighted by molar-refractivity contribution is -0.385. The molecule has 8 heteroatoms. The smallest absolute Gasteiger partial charge is 0.278 e. The van der Waals surface area contributed by atoms with Gasteiger partial charge in [0.1, 0.15) is 12.4 Å². The van der Waals surface area contributed by atoms with Gasteiger partial charge in [0, 0.05) is 11.1 Å². The van der Waals surface area contributed by atoms with E-state index in [1.54, 1.807) is 48.5 Å². The Hall–Kier alpha value is -3.71. The van der Waals surface area contributed by atoms with Gasteiger partial charge >= 0.3 is 0 Å². The quantitative estimate of drug-likeness (QED) is 0.351. The molecule has 0 aliphatic carbocycles. The van der Waals surface area contributed by atoms with Crippen molar-refractivity contribution in [2.75, 3.05) is 0 Å². The summed E-state index contributed by atoms with van der Waals surface area (Å²) in [5.74, 6) is -0.104. The van der Waals surface area contributed by atoms with Crippen LogP contribution >= 0.6 is 11.6 Å². The number of nitrogens with zero attached hydrogens (tertiary/aromatic N) is 2. The number of para-hydroxylation sites is 2. The molecule has 0 spiro atoms. The van der Waals surface area contributed by atoms with Crippen molar-refractivity contribution in [3.8, 4) is 5.75 Å². The van der Waals surface area contributed by atoms with Gasteiger partial charge in [-0.25, -0.2) is 5.43 Å². The van der Waals surface area contributed by atoms with E-state index in [1.165, 1.54) is 18.3 Å². The van der Waals surface area contributed by atoms with Gasteiger partial charge in [-0.3, -0.25) is 14.9 Å². The third-order valence-corrected chi connectivity index (χ3v) is 4.19. The van der Waals surface area contributed by atoms with Gasteiger partial charge in [0.15, 0.2) is 0 Å². The molecule has 3 aromatic rings. The van der Waals surface area contributed by atoms with E-state index in [2.05, 4.69) is 10.5 Å². The van der Waals surface area contributed by atoms with Crippen LogP contribution in [0.15, 0.2) is 77.9 Å². The number of halogens is 1. The maximum atomic E-state index is 12.5. The minimum absolute atomic E-state index is 0.0998. The second kappa shape index (κ2) is 9.48. The summed E-state index contributed by atoms with van der Waals surface area (Å²) in [5, 5.41) is 15.5. The Morgan fingerprint density at radius 2 is 1.76 bits per heavy atom. The molecule has 1 N–H and O–H groups in total. The van der Waals surface area contributed by atoms with Crippen molar-refractivity contribution in [1.29, 1.82) is 0 Å². The average molecular weight is 410 g/mol. The molecule has 0 radical (unpaired) electrons. The second-order valence-electron chi connectivity index (χ2n) is 5.93. The molecule has 0 fully saturated rings. The lowest BCUT2D eigenvalue weighted by Gasteiger charge is -2.10. The molecule has 7 nitrogen and oxygen atoms in total. The Bertz CT molecular complexity index is 1050. The first-order valence-corrected chi connectivity index (χ1v) is 8.95. The maximum Gasteiger partial charge on any atom is 0.278 e. The third-order valence-electron chi connectivity index (χ3n) is 3.94. The summed E-state index contributed by atoms with van der Waals surface area (Å²) in [6, 6.07) is 20.0. The number of rotatable bonds is 7. The summed E-state index contributed by atoms with van der Waals surface area (Å²) in [5.41, 5.74) is 3.75. The van der Waals surface area contributed by atoms with E-state index < -0.39 is 10.8 Å². The molecule has 0 heterocycles. The van der Waals surface area contributed by atoms with Crippen molar-refractivity contribution < 1.29 is 14.5 Å². The SMILES string of the molecule is O=C(N/N=C/c1ccccc1[N+](=O)[O-])c1ccccc1OCc1ccc(Cl)cc1. The van der Waals surface area contributed by atoms with Gasteiger partial charge in [0.2, 0.25) is 0 Å². The van der Waals surface area contributed by atoms with Crippen LogP contribution in [0.4, 0.5) is 5.69 Å². The number of nitrogens with one attached hydrogen (secondary N) is 1. The summed E-state index contributed by atoms with van der Waals surface area (Å²) in [6.07, 6.45) is 1.23. The van der Waals surface area contributed by atoms with Gasteiger partial charge in [0.25, 0.3) is 11.6 Å². The van der Waals surface area contributed by atoms with E-state index in [1.807, 2.05) is 12.1 Å². The van der Waals surface area contributed by atoms with Gasteiger partial charge < -0.3 is 4.74 Å². The number of hydrogen-bond acceptors (Lipinski definition) is 5. The monoisotopic (exact) mass is 409 g/mol. The Labute approximate surface area is 171 Å². The van der Waals surface area contributed by atoms with Crippen LogP contribution in [-0.4, -0.2) is 17.0 Å². The Morgan fingerprint density at radius 1 is 1.07 bits per heavy atom. The zero-order chi connectivity index (χ0) is 20.6. The average Bonchev–Trinajstić information content (AvgIpc) is 2.73. The topological polar surface area (TPSA) is 93.8 Å². The lowest BCUT2D eigenvalue weighted by atomic mass is 10.2. The second-order valence-corrected chi connectivity index (χ2v) is 6.36. The molecule has 3 aromatic carbocycles. The number of carbonyl (C=O) groups is 1. The molecule has 29 heavy (non-hydrogen) atoms. The van der Waals surface area contributed by atoms with Crippen LogP contribution in [-0.2, 0) is 6.61 Å². The summed E-state index contributed by atoms with van der Waals surface area (Å²) in [4.78, 5) is 23.0. The van der Waals surface area contributed by atoms with Crippen LogP contribution in [0.2, 0.25) is 5.02 Å². The summed E-state index contributed by atoms with van der Waals surface area (Å²) < 4.78 is 5.75. The highest BCUT2D eigenvalue weighted by Crippen LogP contribution is 2.20. The van der Waals surface area contributed by atoms with Crippen molar-refractivity contribution in [2.24, 2.45) is 5.10 Å². The zero-order valence-corrected chi connectivity index (χ0v) is 15.9. The molecule has 0 aliphatic rings. The van der Waals surface area contributed by atoms with E-state index >= 15 is 0 Å².